The van der Waals surface area contributed by atoms with E-state index in [9.17, 15) is 21.6 Å². The van der Waals surface area contributed by atoms with Crippen molar-refractivity contribution in [2.75, 3.05) is 11.1 Å². The van der Waals surface area contributed by atoms with Gasteiger partial charge in [0.25, 0.3) is 5.91 Å². The van der Waals surface area contributed by atoms with Crippen LogP contribution in [-0.2, 0) is 19.7 Å². The molecule has 0 aliphatic heterocycles. The summed E-state index contributed by atoms with van der Waals surface area (Å²) in [4.78, 5) is 12.7. The lowest BCUT2D eigenvalue weighted by atomic mass is 10.2. The first-order valence-corrected chi connectivity index (χ1v) is 12.6. The van der Waals surface area contributed by atoms with Crippen LogP contribution in [0.25, 0.3) is 11.5 Å². The molecule has 31 heavy (non-hydrogen) atoms. The fourth-order valence-electron chi connectivity index (χ4n) is 2.62. The Hall–Kier alpha value is -3.05. The molecule has 164 valence electrons. The second-order valence-corrected chi connectivity index (χ2v) is 11.7. The van der Waals surface area contributed by atoms with Crippen molar-refractivity contribution in [2.45, 2.75) is 35.8 Å². The number of aromatic nitrogens is 2. The first-order chi connectivity index (χ1) is 14.5. The molecular weight excluding hydrogens is 442 g/mol. The number of hydrogen-bond donors (Lipinski definition) is 1. The Morgan fingerprint density at radius 1 is 1.00 bits per heavy atom. The Kier molecular flexibility index (Phi) is 6.27. The summed E-state index contributed by atoms with van der Waals surface area (Å²) in [7, 11) is -6.85. The Bertz CT molecular complexity index is 1310. The van der Waals surface area contributed by atoms with Crippen LogP contribution >= 0.6 is 0 Å². The number of rotatable bonds is 7. The molecule has 0 saturated carbocycles. The van der Waals surface area contributed by atoms with E-state index >= 15 is 0 Å². The second-order valence-electron chi connectivity index (χ2n) is 6.92. The topological polar surface area (TPSA) is 136 Å². The molecule has 0 bridgehead atoms. The molecule has 3 rings (SSSR count). The fourth-order valence-corrected chi connectivity index (χ4v) is 4.60. The summed E-state index contributed by atoms with van der Waals surface area (Å²) >= 11 is 0. The highest BCUT2D eigenvalue weighted by Crippen LogP contribution is 2.24. The number of nitrogens with zero attached hydrogens (tertiary/aromatic N) is 2. The average Bonchev–Trinajstić information content (AvgIpc) is 3.22. The number of carbonyl (C=O) groups is 1. The van der Waals surface area contributed by atoms with E-state index in [-0.39, 0.29) is 33.0 Å². The third-order valence-electron chi connectivity index (χ3n) is 4.53. The van der Waals surface area contributed by atoms with E-state index in [0.29, 0.717) is 5.56 Å². The summed E-state index contributed by atoms with van der Waals surface area (Å²) in [6, 6.07) is 11.4. The first kappa shape index (κ1) is 22.6. The number of benzene rings is 2. The van der Waals surface area contributed by atoms with Crippen LogP contribution in [-0.4, -0.2) is 43.9 Å². The maximum absolute atomic E-state index is 12.4. The molecule has 0 unspecified atom stereocenters. The maximum atomic E-state index is 12.4. The lowest BCUT2D eigenvalue weighted by Gasteiger charge is -2.07. The predicted octanol–water partition coefficient (Wildman–Crippen LogP) is 2.96. The average molecular weight is 464 g/mol. The van der Waals surface area contributed by atoms with Gasteiger partial charge in [-0.15, -0.1) is 5.10 Å². The van der Waals surface area contributed by atoms with Gasteiger partial charge < -0.3 is 4.42 Å². The molecule has 0 aliphatic rings. The van der Waals surface area contributed by atoms with Crippen LogP contribution in [0, 0.1) is 0 Å². The van der Waals surface area contributed by atoms with Gasteiger partial charge in [0.1, 0.15) is 0 Å². The molecule has 0 atom stereocenters. The van der Waals surface area contributed by atoms with Crippen molar-refractivity contribution in [1.82, 2.24) is 10.2 Å². The van der Waals surface area contributed by atoms with Crippen molar-refractivity contribution >= 4 is 31.6 Å². The van der Waals surface area contributed by atoms with Crippen LogP contribution in [0.15, 0.2) is 62.7 Å². The Labute approximate surface area is 180 Å². The number of hydrogen-bond acceptors (Lipinski definition) is 8. The van der Waals surface area contributed by atoms with E-state index in [1.165, 1.54) is 55.5 Å². The molecule has 0 radical (unpaired) electrons. The van der Waals surface area contributed by atoms with E-state index in [1.807, 2.05) is 0 Å². The van der Waals surface area contributed by atoms with Crippen molar-refractivity contribution < 1.29 is 26.0 Å². The number of nitrogens with one attached hydrogen (secondary N) is 1. The molecule has 1 amide bonds. The molecular formula is C20H21N3O6S2. The van der Waals surface area contributed by atoms with Gasteiger partial charge in [0, 0.05) is 11.1 Å². The summed E-state index contributed by atoms with van der Waals surface area (Å²) in [5.41, 5.74) is 0.601. The molecule has 3 aromatic rings. The second kappa shape index (κ2) is 8.60. The maximum Gasteiger partial charge on any atom is 0.322 e. The van der Waals surface area contributed by atoms with Crippen LogP contribution in [0.1, 0.15) is 31.1 Å². The Balaban J connectivity index is 1.78. The third kappa shape index (κ3) is 4.83. The molecule has 2 aromatic carbocycles. The molecule has 0 saturated heterocycles. The summed E-state index contributed by atoms with van der Waals surface area (Å²) in [6.07, 6.45) is 0. The largest absolute Gasteiger partial charge is 0.403 e. The van der Waals surface area contributed by atoms with Gasteiger partial charge in [0.15, 0.2) is 19.7 Å². The quantitative estimate of drug-likeness (QED) is 0.565. The standard InChI is InChI=1S/C20H21N3O6S2/c1-4-30(25,26)17-7-5-6-15(12-17)18(24)21-20-23-22-19(29-20)14-8-10-16(11-9-14)31(27,28)13(2)3/h5-13H,4H2,1-3H3,(H,21,23,24). The van der Waals surface area contributed by atoms with Crippen LogP contribution in [0.3, 0.4) is 0 Å². The summed E-state index contributed by atoms with van der Waals surface area (Å²) in [6.45, 7) is 4.72. The molecule has 9 nitrogen and oxygen atoms in total. The highest BCUT2D eigenvalue weighted by Gasteiger charge is 2.20. The van der Waals surface area contributed by atoms with Crippen molar-refractivity contribution in [1.29, 1.82) is 0 Å². The van der Waals surface area contributed by atoms with Gasteiger partial charge in [0.2, 0.25) is 5.89 Å². The lowest BCUT2D eigenvalue weighted by Crippen LogP contribution is -2.13. The zero-order valence-corrected chi connectivity index (χ0v) is 18.7. The summed E-state index contributed by atoms with van der Waals surface area (Å²) in [5, 5.41) is 9.49. The fraction of sp³-hybridized carbons (Fsp3) is 0.250. The van der Waals surface area contributed by atoms with Gasteiger partial charge in [-0.05, 0) is 56.3 Å². The summed E-state index contributed by atoms with van der Waals surface area (Å²) < 4.78 is 53.9. The smallest absolute Gasteiger partial charge is 0.322 e. The SMILES string of the molecule is CCS(=O)(=O)c1cccc(C(=O)Nc2nnc(-c3ccc(S(=O)(=O)C(C)C)cc3)o2)c1. The van der Waals surface area contributed by atoms with Crippen molar-refractivity contribution in [3.8, 4) is 11.5 Å². The van der Waals surface area contributed by atoms with E-state index < -0.39 is 30.8 Å². The zero-order chi connectivity index (χ0) is 22.8. The molecule has 1 heterocycles. The first-order valence-electron chi connectivity index (χ1n) is 9.36. The van der Waals surface area contributed by atoms with Gasteiger partial charge in [-0.2, -0.15) is 0 Å². The van der Waals surface area contributed by atoms with Gasteiger partial charge in [-0.1, -0.05) is 18.1 Å². The molecule has 0 spiro atoms. The summed E-state index contributed by atoms with van der Waals surface area (Å²) in [5.74, 6) is -0.602. The monoisotopic (exact) mass is 463 g/mol. The number of amides is 1. The molecule has 11 heteroatoms. The minimum absolute atomic E-state index is 0.0466. The number of carbonyl (C=O) groups excluding carboxylic acids is 1. The Morgan fingerprint density at radius 3 is 2.29 bits per heavy atom. The van der Waals surface area contributed by atoms with Crippen LogP contribution in [0.5, 0.6) is 0 Å². The zero-order valence-electron chi connectivity index (χ0n) is 17.1. The number of anilines is 1. The van der Waals surface area contributed by atoms with Crippen LogP contribution in [0.2, 0.25) is 0 Å². The highest BCUT2D eigenvalue weighted by molar-refractivity contribution is 7.92. The molecule has 0 aliphatic carbocycles. The molecule has 0 fully saturated rings. The van der Waals surface area contributed by atoms with Crippen LogP contribution < -0.4 is 5.32 Å². The van der Waals surface area contributed by atoms with E-state index in [0.717, 1.165) is 0 Å². The molecule has 1 N–H and O–H groups in total. The van der Waals surface area contributed by atoms with E-state index in [2.05, 4.69) is 15.5 Å². The van der Waals surface area contributed by atoms with Gasteiger partial charge in [-0.3, -0.25) is 10.1 Å². The van der Waals surface area contributed by atoms with E-state index in [4.69, 9.17) is 4.42 Å². The van der Waals surface area contributed by atoms with Gasteiger partial charge in [-0.25, -0.2) is 16.8 Å². The predicted molar refractivity (Wildman–Crippen MR) is 114 cm³/mol. The normalized spacial score (nSPS) is 12.1. The lowest BCUT2D eigenvalue weighted by molar-refractivity contribution is 0.102. The minimum atomic E-state index is -3.45. The van der Waals surface area contributed by atoms with Crippen molar-refractivity contribution in [3.05, 3.63) is 54.1 Å². The van der Waals surface area contributed by atoms with Gasteiger partial charge in [0.05, 0.1) is 20.8 Å². The molecule has 1 aromatic heterocycles. The van der Waals surface area contributed by atoms with E-state index in [1.54, 1.807) is 13.8 Å². The van der Waals surface area contributed by atoms with Gasteiger partial charge >= 0.3 is 6.01 Å². The highest BCUT2D eigenvalue weighted by atomic mass is 32.2. The van der Waals surface area contributed by atoms with Crippen molar-refractivity contribution in [3.63, 3.8) is 0 Å². The van der Waals surface area contributed by atoms with Crippen molar-refractivity contribution in [2.24, 2.45) is 0 Å². The van der Waals surface area contributed by atoms with Crippen LogP contribution in [0.4, 0.5) is 6.01 Å². The minimum Gasteiger partial charge on any atom is -0.403 e. The number of sulfone groups is 2. The third-order valence-corrected chi connectivity index (χ3v) is 8.43. The Morgan fingerprint density at radius 2 is 1.68 bits per heavy atom.